The molecule has 0 unspecified atom stereocenters. The van der Waals surface area contributed by atoms with E-state index < -0.39 is 11.7 Å². The lowest BCUT2D eigenvalue weighted by Crippen LogP contribution is -2.51. The van der Waals surface area contributed by atoms with Gasteiger partial charge < -0.3 is 4.74 Å². The highest BCUT2D eigenvalue weighted by Crippen LogP contribution is 2.35. The second kappa shape index (κ2) is 10.3. The monoisotopic (exact) mass is 436 g/mol. The molecule has 2 aromatic carbocycles. The van der Waals surface area contributed by atoms with Crippen molar-refractivity contribution in [2.24, 2.45) is 11.8 Å². The Bertz CT molecular complexity index is 854. The van der Waals surface area contributed by atoms with Crippen LogP contribution in [0.25, 0.3) is 0 Å². The molecular formula is C27H36N2O3. The largest absolute Gasteiger partial charge is 0.441 e. The van der Waals surface area contributed by atoms with Gasteiger partial charge in [-0.2, -0.15) is 0 Å². The summed E-state index contributed by atoms with van der Waals surface area (Å²) >= 11 is 0. The molecule has 2 atom stereocenters. The van der Waals surface area contributed by atoms with Crippen molar-refractivity contribution < 1.29 is 14.3 Å². The molecule has 0 aromatic heterocycles. The molecule has 5 heteroatoms. The van der Waals surface area contributed by atoms with Crippen LogP contribution < -0.4 is 0 Å². The molecule has 1 saturated heterocycles. The predicted octanol–water partition coefficient (Wildman–Crippen LogP) is 5.50. The van der Waals surface area contributed by atoms with Crippen molar-refractivity contribution in [2.75, 3.05) is 6.54 Å². The molecule has 0 spiro atoms. The minimum absolute atomic E-state index is 0.114. The van der Waals surface area contributed by atoms with E-state index in [1.54, 1.807) is 0 Å². The van der Waals surface area contributed by atoms with Gasteiger partial charge in [0.25, 0.3) is 0 Å². The van der Waals surface area contributed by atoms with Crippen LogP contribution >= 0.6 is 0 Å². The van der Waals surface area contributed by atoms with Gasteiger partial charge in [0, 0.05) is 19.6 Å². The second-order valence-corrected chi connectivity index (χ2v) is 9.61. The maximum atomic E-state index is 13.6. The number of carbonyl (C=O) groups is 2. The molecule has 3 rings (SSSR count). The van der Waals surface area contributed by atoms with Gasteiger partial charge in [0.15, 0.2) is 0 Å². The summed E-state index contributed by atoms with van der Waals surface area (Å²) in [6.07, 6.45) is 0.142. The molecule has 32 heavy (non-hydrogen) atoms. The van der Waals surface area contributed by atoms with E-state index in [2.05, 4.69) is 29.2 Å². The van der Waals surface area contributed by atoms with E-state index >= 15 is 0 Å². The Hall–Kier alpha value is -2.66. The van der Waals surface area contributed by atoms with Crippen LogP contribution in [0.2, 0.25) is 0 Å². The van der Waals surface area contributed by atoms with Crippen molar-refractivity contribution in [3.05, 3.63) is 71.8 Å². The van der Waals surface area contributed by atoms with Gasteiger partial charge in [-0.15, -0.1) is 0 Å². The molecule has 5 nitrogen and oxygen atoms in total. The Kier molecular flexibility index (Phi) is 7.73. The number of amides is 2. The summed E-state index contributed by atoms with van der Waals surface area (Å²) in [4.78, 5) is 30.0. The minimum Gasteiger partial charge on any atom is -0.441 e. The van der Waals surface area contributed by atoms with Gasteiger partial charge in [0.05, 0.1) is 12.0 Å². The van der Waals surface area contributed by atoms with Crippen molar-refractivity contribution in [3.63, 3.8) is 0 Å². The Morgan fingerprint density at radius 3 is 1.94 bits per heavy atom. The molecule has 2 aromatic rings. The molecule has 1 fully saturated rings. The number of hydrogen-bond donors (Lipinski definition) is 0. The summed E-state index contributed by atoms with van der Waals surface area (Å²) in [5.74, 6) is -0.305. The number of rotatable bonds is 9. The van der Waals surface area contributed by atoms with E-state index in [0.29, 0.717) is 13.0 Å². The predicted molar refractivity (Wildman–Crippen MR) is 127 cm³/mol. The Morgan fingerprint density at radius 2 is 1.50 bits per heavy atom. The van der Waals surface area contributed by atoms with Crippen LogP contribution in [0.1, 0.15) is 52.2 Å². The normalized spacial score (nSPS) is 18.8. The minimum atomic E-state index is -0.688. The van der Waals surface area contributed by atoms with Gasteiger partial charge in [-0.05, 0) is 37.3 Å². The molecule has 172 valence electrons. The first-order valence-corrected chi connectivity index (χ1v) is 11.6. The zero-order valence-corrected chi connectivity index (χ0v) is 20.0. The van der Waals surface area contributed by atoms with E-state index in [0.717, 1.165) is 13.1 Å². The average Bonchev–Trinajstić information content (AvgIpc) is 3.01. The third-order valence-electron chi connectivity index (χ3n) is 6.23. The fraction of sp³-hybridized carbons (Fsp3) is 0.481. The fourth-order valence-corrected chi connectivity index (χ4v) is 4.85. The maximum absolute atomic E-state index is 13.6. The fourth-order valence-electron chi connectivity index (χ4n) is 4.85. The number of cyclic esters (lactones) is 1. The van der Waals surface area contributed by atoms with Gasteiger partial charge in [-0.3, -0.25) is 9.69 Å². The molecule has 0 radical (unpaired) electrons. The number of benzene rings is 2. The highest BCUT2D eigenvalue weighted by atomic mass is 16.6. The summed E-state index contributed by atoms with van der Waals surface area (Å²) in [7, 11) is 0. The van der Waals surface area contributed by atoms with E-state index in [4.69, 9.17) is 4.74 Å². The Labute approximate surface area is 192 Å². The number of carbonyl (C=O) groups excluding carboxylic acids is 2. The van der Waals surface area contributed by atoms with Gasteiger partial charge in [0.1, 0.15) is 5.60 Å². The van der Waals surface area contributed by atoms with Crippen molar-refractivity contribution >= 4 is 12.0 Å². The molecule has 0 bridgehead atoms. The van der Waals surface area contributed by atoms with Crippen molar-refractivity contribution in [2.45, 2.75) is 65.8 Å². The van der Waals surface area contributed by atoms with Crippen LogP contribution in [0.4, 0.5) is 4.79 Å². The lowest BCUT2D eigenvalue weighted by molar-refractivity contribution is -0.135. The zero-order chi connectivity index (χ0) is 23.3. The SMILES string of the molecule is CC[C@@H](CN(Cc1ccccc1)Cc1ccccc1)C(=O)N1C(=O)OC(C)(C)[C@@H]1C(C)C. The lowest BCUT2D eigenvalue weighted by Gasteiger charge is -2.34. The second-order valence-electron chi connectivity index (χ2n) is 9.61. The first kappa shape index (κ1) is 24.0. The molecular weight excluding hydrogens is 400 g/mol. The lowest BCUT2D eigenvalue weighted by atomic mass is 9.88. The van der Waals surface area contributed by atoms with E-state index in [1.165, 1.54) is 16.0 Å². The van der Waals surface area contributed by atoms with Crippen LogP contribution in [-0.2, 0) is 22.6 Å². The summed E-state index contributed by atoms with van der Waals surface area (Å²) in [5, 5.41) is 0. The van der Waals surface area contributed by atoms with Gasteiger partial charge in [-0.1, -0.05) is 81.4 Å². The van der Waals surface area contributed by atoms with E-state index in [9.17, 15) is 9.59 Å². The number of ether oxygens (including phenoxy) is 1. The van der Waals surface area contributed by atoms with Crippen molar-refractivity contribution in [1.82, 2.24) is 9.80 Å². The van der Waals surface area contributed by atoms with Gasteiger partial charge >= 0.3 is 6.09 Å². The van der Waals surface area contributed by atoms with E-state index in [-0.39, 0.29) is 23.8 Å². The topological polar surface area (TPSA) is 49.9 Å². The van der Waals surface area contributed by atoms with Crippen LogP contribution in [0.5, 0.6) is 0 Å². The summed E-state index contributed by atoms with van der Waals surface area (Å²) in [6.45, 7) is 11.9. The smallest absolute Gasteiger partial charge is 0.417 e. The highest BCUT2D eigenvalue weighted by Gasteiger charge is 2.52. The standard InChI is InChI=1S/C27H36N2O3/c1-6-23(25(30)29-24(20(2)3)27(4,5)32-26(29)31)19-28(17-21-13-9-7-10-14-21)18-22-15-11-8-12-16-22/h7-16,20,23-24H,6,17-19H2,1-5H3/t23-,24-/m0/s1. The van der Waals surface area contributed by atoms with Gasteiger partial charge in [-0.25, -0.2) is 9.69 Å². The summed E-state index contributed by atoms with van der Waals surface area (Å²) in [6, 6.07) is 20.3. The first-order valence-electron chi connectivity index (χ1n) is 11.6. The molecule has 2 amide bonds. The van der Waals surface area contributed by atoms with Crippen LogP contribution in [0.3, 0.4) is 0 Å². The first-order chi connectivity index (χ1) is 15.2. The summed E-state index contributed by atoms with van der Waals surface area (Å²) in [5.41, 5.74) is 1.72. The summed E-state index contributed by atoms with van der Waals surface area (Å²) < 4.78 is 5.60. The molecule has 1 aliphatic heterocycles. The van der Waals surface area contributed by atoms with Gasteiger partial charge in [0.2, 0.25) is 5.91 Å². The molecule has 1 heterocycles. The number of imide groups is 1. The Morgan fingerprint density at radius 1 is 1.00 bits per heavy atom. The quantitative estimate of drug-likeness (QED) is 0.521. The maximum Gasteiger partial charge on any atom is 0.417 e. The molecule has 0 aliphatic carbocycles. The third-order valence-corrected chi connectivity index (χ3v) is 6.23. The molecule has 0 N–H and O–H groups in total. The van der Waals surface area contributed by atoms with Crippen LogP contribution in [-0.4, -0.2) is 40.0 Å². The van der Waals surface area contributed by atoms with Crippen molar-refractivity contribution in [3.8, 4) is 0 Å². The van der Waals surface area contributed by atoms with Crippen LogP contribution in [0, 0.1) is 11.8 Å². The Balaban J connectivity index is 1.82. The van der Waals surface area contributed by atoms with E-state index in [1.807, 2.05) is 71.0 Å². The third kappa shape index (κ3) is 5.57. The average molecular weight is 437 g/mol. The molecule has 1 aliphatic rings. The van der Waals surface area contributed by atoms with Crippen LogP contribution in [0.15, 0.2) is 60.7 Å². The molecule has 0 saturated carbocycles. The van der Waals surface area contributed by atoms with Crippen molar-refractivity contribution in [1.29, 1.82) is 0 Å². The zero-order valence-electron chi connectivity index (χ0n) is 20.0. The number of nitrogens with zero attached hydrogens (tertiary/aromatic N) is 2. The number of hydrogen-bond acceptors (Lipinski definition) is 4. The highest BCUT2D eigenvalue weighted by molar-refractivity contribution is 5.95.